The van der Waals surface area contributed by atoms with Crippen molar-refractivity contribution >= 4 is 40.4 Å². The van der Waals surface area contributed by atoms with Crippen molar-refractivity contribution in [3.05, 3.63) is 0 Å². The number of nitrogens with zero attached hydrogens (tertiary/aromatic N) is 1. The maximum absolute atomic E-state index is 11.2. The summed E-state index contributed by atoms with van der Waals surface area (Å²) in [7, 11) is 0. The molecule has 0 saturated carbocycles. The number of alkyl halides is 2. The number of amides is 1. The van der Waals surface area contributed by atoms with Gasteiger partial charge in [-0.25, -0.2) is 0 Å². The molecule has 1 aliphatic rings. The first kappa shape index (κ1) is 12.0. The molecule has 1 amide bonds. The Morgan fingerprint density at radius 1 is 1.77 bits per heavy atom. The normalized spacial score (nSPS) is 20.7. The quantitative estimate of drug-likeness (QED) is 0.563. The fourth-order valence-corrected chi connectivity index (χ4v) is 5.70. The van der Waals surface area contributed by atoms with Crippen molar-refractivity contribution in [2.24, 2.45) is 0 Å². The standard InChI is InChI=1S/C8H15I2NO2/c1-10(9)5-7(12)6-11-4-2-3-8(11)13/h7,12H,2-6H2,1H3. The van der Waals surface area contributed by atoms with Gasteiger partial charge in [0.1, 0.15) is 0 Å². The number of aliphatic hydroxyl groups is 1. The molecular formula is C8H15I2NO2. The van der Waals surface area contributed by atoms with Crippen LogP contribution in [0.5, 0.6) is 0 Å². The molecule has 1 N–H and O–H groups in total. The third-order valence-electron chi connectivity index (χ3n) is 1.99. The number of rotatable bonds is 4. The molecule has 1 saturated heterocycles. The summed E-state index contributed by atoms with van der Waals surface area (Å²) >= 11 is 1.56. The Labute approximate surface area is 95.8 Å². The number of β-amino-alcohol motifs (C(OH)–C–C–N with tert-alkyl or cyclic N) is 1. The molecule has 78 valence electrons. The summed E-state index contributed by atoms with van der Waals surface area (Å²) < 4.78 is 0.925. The predicted octanol–water partition coefficient (Wildman–Crippen LogP) is 1.46. The minimum atomic E-state index is -0.880. The van der Waals surface area contributed by atoms with E-state index in [1.807, 2.05) is 0 Å². The number of aliphatic hydroxyl groups excluding tert-OH is 1. The zero-order valence-corrected chi connectivity index (χ0v) is 12.0. The third-order valence-corrected chi connectivity index (χ3v) is 6.46. The Balaban J connectivity index is 2.27. The van der Waals surface area contributed by atoms with Gasteiger partial charge in [-0.15, -0.1) is 0 Å². The van der Waals surface area contributed by atoms with E-state index in [0.717, 1.165) is 17.4 Å². The minimum absolute atomic E-state index is 0.212. The monoisotopic (exact) mass is 411 g/mol. The van der Waals surface area contributed by atoms with Gasteiger partial charge in [0, 0.05) is 0 Å². The molecule has 0 aliphatic carbocycles. The third kappa shape index (κ3) is 4.28. The first-order valence-corrected chi connectivity index (χ1v) is 14.2. The van der Waals surface area contributed by atoms with E-state index in [2.05, 4.69) is 23.5 Å². The van der Waals surface area contributed by atoms with Crippen LogP contribution in [-0.2, 0) is 4.79 Å². The van der Waals surface area contributed by atoms with Crippen molar-refractivity contribution in [2.75, 3.05) is 22.4 Å². The molecule has 1 aliphatic heterocycles. The zero-order valence-electron chi connectivity index (χ0n) is 7.67. The van der Waals surface area contributed by atoms with Crippen LogP contribution in [0.3, 0.4) is 0 Å². The number of hydrogen-bond acceptors (Lipinski definition) is 2. The molecule has 1 heterocycles. The van der Waals surface area contributed by atoms with Crippen LogP contribution < -0.4 is 0 Å². The molecular weight excluding hydrogens is 396 g/mol. The van der Waals surface area contributed by atoms with Crippen molar-refractivity contribution in [1.29, 1.82) is 0 Å². The second kappa shape index (κ2) is 5.69. The van der Waals surface area contributed by atoms with Gasteiger partial charge in [-0.3, -0.25) is 0 Å². The van der Waals surface area contributed by atoms with Gasteiger partial charge < -0.3 is 0 Å². The Bertz CT molecular complexity index is 187. The summed E-state index contributed by atoms with van der Waals surface area (Å²) in [4.78, 5) is 15.2. The second-order valence-electron chi connectivity index (χ2n) is 3.26. The van der Waals surface area contributed by atoms with Crippen molar-refractivity contribution in [2.45, 2.75) is 18.9 Å². The van der Waals surface area contributed by atoms with Gasteiger partial charge in [0.15, 0.2) is 0 Å². The summed E-state index contributed by atoms with van der Waals surface area (Å²) in [5, 5.41) is 9.64. The molecule has 1 atom stereocenters. The number of carbonyl (C=O) groups is 1. The van der Waals surface area contributed by atoms with Gasteiger partial charge in [-0.05, 0) is 0 Å². The molecule has 1 unspecified atom stereocenters. The molecule has 5 heteroatoms. The fourth-order valence-electron chi connectivity index (χ4n) is 1.45. The summed E-state index contributed by atoms with van der Waals surface area (Å²) in [6.45, 7) is 1.40. The Morgan fingerprint density at radius 2 is 2.46 bits per heavy atom. The second-order valence-corrected chi connectivity index (χ2v) is 16.4. The van der Waals surface area contributed by atoms with E-state index < -0.39 is 15.8 Å². The van der Waals surface area contributed by atoms with E-state index in [0.29, 0.717) is 13.0 Å². The van der Waals surface area contributed by atoms with Gasteiger partial charge >= 0.3 is 96.6 Å². The van der Waals surface area contributed by atoms with Crippen LogP contribution in [-0.4, -0.2) is 44.5 Å². The van der Waals surface area contributed by atoms with Crippen molar-refractivity contribution in [3.63, 3.8) is 0 Å². The van der Waals surface area contributed by atoms with Crippen LogP contribution in [0.1, 0.15) is 12.8 Å². The number of likely N-dealkylation sites (tertiary alicyclic amines) is 1. The molecule has 1 rings (SSSR count). The van der Waals surface area contributed by atoms with E-state index in [4.69, 9.17) is 0 Å². The number of carbonyl (C=O) groups excluding carboxylic acids is 1. The van der Waals surface area contributed by atoms with Crippen LogP contribution in [0.2, 0.25) is 0 Å². The number of hydrogen-bond donors (Lipinski definition) is 1. The van der Waals surface area contributed by atoms with Crippen LogP contribution in [0.4, 0.5) is 0 Å². The summed E-state index contributed by atoms with van der Waals surface area (Å²) in [6, 6.07) is 0. The van der Waals surface area contributed by atoms with E-state index in [1.165, 1.54) is 0 Å². The van der Waals surface area contributed by atoms with Gasteiger partial charge in [-0.2, -0.15) is 0 Å². The van der Waals surface area contributed by atoms with E-state index in [1.54, 1.807) is 4.90 Å². The molecule has 0 aromatic heterocycles. The van der Waals surface area contributed by atoms with Crippen LogP contribution >= 0.6 is 34.5 Å². The molecule has 13 heavy (non-hydrogen) atoms. The van der Waals surface area contributed by atoms with Gasteiger partial charge in [0.2, 0.25) is 0 Å². The van der Waals surface area contributed by atoms with E-state index in [-0.39, 0.29) is 12.0 Å². The number of halogens is 2. The molecule has 0 spiro atoms. The van der Waals surface area contributed by atoms with Gasteiger partial charge in [0.25, 0.3) is 0 Å². The molecule has 0 radical (unpaired) electrons. The van der Waals surface area contributed by atoms with Crippen LogP contribution in [0.15, 0.2) is 0 Å². The van der Waals surface area contributed by atoms with E-state index in [9.17, 15) is 9.90 Å². The summed E-state index contributed by atoms with van der Waals surface area (Å²) in [5.74, 6) is 0.212. The van der Waals surface area contributed by atoms with E-state index >= 15 is 0 Å². The Morgan fingerprint density at radius 3 is 2.92 bits per heavy atom. The summed E-state index contributed by atoms with van der Waals surface area (Å²) in [6.07, 6.45) is 1.35. The maximum atomic E-state index is 11.2. The molecule has 1 fully saturated rings. The topological polar surface area (TPSA) is 40.5 Å². The summed E-state index contributed by atoms with van der Waals surface area (Å²) in [5.41, 5.74) is 0. The van der Waals surface area contributed by atoms with Crippen molar-refractivity contribution in [3.8, 4) is 0 Å². The first-order valence-electron chi connectivity index (χ1n) is 4.28. The van der Waals surface area contributed by atoms with Crippen LogP contribution in [0, 0.1) is 0 Å². The van der Waals surface area contributed by atoms with Crippen molar-refractivity contribution < 1.29 is 9.90 Å². The van der Waals surface area contributed by atoms with Gasteiger partial charge in [0.05, 0.1) is 0 Å². The Kier molecular flexibility index (Phi) is 5.24. The molecule has 0 aromatic carbocycles. The zero-order chi connectivity index (χ0) is 9.84. The average molecular weight is 411 g/mol. The Hall–Kier alpha value is 0.890. The first-order chi connectivity index (χ1) is 6.09. The predicted molar refractivity (Wildman–Crippen MR) is 70.7 cm³/mol. The van der Waals surface area contributed by atoms with Crippen molar-refractivity contribution in [1.82, 2.24) is 4.90 Å². The fraction of sp³-hybridized carbons (Fsp3) is 0.875. The SMILES string of the molecule is CI(I)CC(O)CN1CCCC1=O. The molecule has 0 aromatic rings. The van der Waals surface area contributed by atoms with Gasteiger partial charge in [-0.1, -0.05) is 0 Å². The molecule has 0 bridgehead atoms. The molecule has 3 nitrogen and oxygen atoms in total. The average Bonchev–Trinajstić information content (AvgIpc) is 2.34. The van der Waals surface area contributed by atoms with Crippen LogP contribution in [0.25, 0.3) is 0 Å².